The van der Waals surface area contributed by atoms with Crippen LogP contribution in [0, 0.1) is 49.4 Å². The summed E-state index contributed by atoms with van der Waals surface area (Å²) in [5.41, 5.74) is 2.77. The number of ether oxygens (including phenoxy) is 1. The van der Waals surface area contributed by atoms with Crippen molar-refractivity contribution in [3.8, 4) is 11.5 Å². The van der Waals surface area contributed by atoms with E-state index in [1.54, 1.807) is 12.1 Å². The fourth-order valence-electron chi connectivity index (χ4n) is 5.48. The molecular weight excluding hydrogens is 378 g/mol. The maximum atomic E-state index is 13.1. The molecule has 0 unspecified atom stereocenters. The minimum atomic E-state index is -0.864. The molecule has 2 bridgehead atoms. The molecule has 0 saturated heterocycles. The van der Waals surface area contributed by atoms with Gasteiger partial charge in [-0.2, -0.15) is 0 Å². The predicted molar refractivity (Wildman–Crippen MR) is 113 cm³/mol. The average molecular weight is 403 g/mol. The van der Waals surface area contributed by atoms with Crippen LogP contribution in [-0.2, 0) is 9.59 Å². The Bertz CT molecular complexity index is 1020. The van der Waals surface area contributed by atoms with E-state index in [-0.39, 0.29) is 17.7 Å². The van der Waals surface area contributed by atoms with Crippen molar-refractivity contribution < 1.29 is 19.4 Å². The highest BCUT2D eigenvalue weighted by atomic mass is 16.5. The number of carbonyl (C=O) groups excluding carboxylic acids is 1. The molecule has 2 N–H and O–H groups in total. The number of nitrogens with one attached hydrogen (secondary N) is 1. The van der Waals surface area contributed by atoms with Gasteiger partial charge in [0.05, 0.1) is 11.8 Å². The van der Waals surface area contributed by atoms with Gasteiger partial charge in [-0.15, -0.1) is 0 Å². The minimum absolute atomic E-state index is 0.0126. The number of aryl methyl sites for hydroxylation is 2. The van der Waals surface area contributed by atoms with Gasteiger partial charge in [-0.05, 0) is 79.3 Å². The zero-order valence-electron chi connectivity index (χ0n) is 17.0. The van der Waals surface area contributed by atoms with Crippen molar-refractivity contribution >= 4 is 17.6 Å². The Morgan fingerprint density at radius 2 is 1.53 bits per heavy atom. The third-order valence-electron chi connectivity index (χ3n) is 6.99. The number of amides is 1. The number of benzene rings is 2. The summed E-state index contributed by atoms with van der Waals surface area (Å²) in [4.78, 5) is 25.0. The maximum absolute atomic E-state index is 13.1. The minimum Gasteiger partial charge on any atom is -0.481 e. The SMILES string of the molecule is Cc1cccc(C)c1Oc1ccc(NC(=O)[C@H]2[C@H]3C=C[C@H]([C@H]4C[C@H]34)[C@@H]2C(=O)O)cc1. The highest BCUT2D eigenvalue weighted by Gasteiger charge is 2.62. The molecule has 6 rings (SSSR count). The molecule has 0 heterocycles. The van der Waals surface area contributed by atoms with Crippen molar-refractivity contribution in [2.75, 3.05) is 5.32 Å². The number of carboxylic acid groups (broad SMARTS) is 1. The van der Waals surface area contributed by atoms with E-state index in [0.717, 1.165) is 23.3 Å². The number of anilines is 1. The van der Waals surface area contributed by atoms with E-state index < -0.39 is 17.8 Å². The van der Waals surface area contributed by atoms with Crippen LogP contribution in [0.1, 0.15) is 17.5 Å². The van der Waals surface area contributed by atoms with Gasteiger partial charge in [0.1, 0.15) is 11.5 Å². The van der Waals surface area contributed by atoms with Gasteiger partial charge < -0.3 is 15.2 Å². The number of allylic oxidation sites excluding steroid dienone is 2. The lowest BCUT2D eigenvalue weighted by Gasteiger charge is -2.41. The van der Waals surface area contributed by atoms with Crippen molar-refractivity contribution in [1.82, 2.24) is 0 Å². The first kappa shape index (κ1) is 18.9. The van der Waals surface area contributed by atoms with Gasteiger partial charge in [-0.1, -0.05) is 30.4 Å². The Balaban J connectivity index is 1.31. The number of hydrogen-bond acceptors (Lipinski definition) is 3. The molecule has 2 fully saturated rings. The number of carbonyl (C=O) groups is 2. The number of hydrogen-bond donors (Lipinski definition) is 2. The highest BCUT2D eigenvalue weighted by Crippen LogP contribution is 2.63. The first-order valence-electron chi connectivity index (χ1n) is 10.5. The first-order chi connectivity index (χ1) is 14.4. The van der Waals surface area contributed by atoms with Crippen LogP contribution >= 0.6 is 0 Å². The second-order valence-corrected chi connectivity index (χ2v) is 8.83. The van der Waals surface area contributed by atoms with Crippen LogP contribution in [0.4, 0.5) is 5.69 Å². The molecule has 30 heavy (non-hydrogen) atoms. The predicted octanol–water partition coefficient (Wildman–Crippen LogP) is 4.80. The summed E-state index contributed by atoms with van der Waals surface area (Å²) in [6, 6.07) is 13.2. The fourth-order valence-corrected chi connectivity index (χ4v) is 5.48. The van der Waals surface area contributed by atoms with Gasteiger partial charge >= 0.3 is 5.97 Å². The molecule has 154 valence electrons. The quantitative estimate of drug-likeness (QED) is 0.703. The molecule has 0 aliphatic heterocycles. The molecule has 0 radical (unpaired) electrons. The number of aliphatic carboxylic acids is 1. The molecule has 5 heteroatoms. The number of rotatable bonds is 5. The highest BCUT2D eigenvalue weighted by molar-refractivity contribution is 5.96. The summed E-state index contributed by atoms with van der Waals surface area (Å²) in [5, 5.41) is 12.7. The zero-order valence-corrected chi connectivity index (χ0v) is 17.0. The molecule has 2 saturated carbocycles. The van der Waals surface area contributed by atoms with E-state index in [4.69, 9.17) is 4.74 Å². The van der Waals surface area contributed by atoms with Crippen LogP contribution < -0.4 is 10.1 Å². The van der Waals surface area contributed by atoms with E-state index in [1.807, 2.05) is 50.3 Å². The standard InChI is InChI=1S/C25H25NO4/c1-13-4-3-5-14(2)23(13)30-16-8-6-15(7-9-16)26-24(27)21-17-10-11-18(20-12-19(17)20)22(21)25(28)29/h3-11,17-22H,12H2,1-2H3,(H,26,27)(H,28,29)/t17-,18+,19+,20+,21-,22-/m0/s1. The Morgan fingerprint density at radius 1 is 0.933 bits per heavy atom. The summed E-state index contributed by atoms with van der Waals surface area (Å²) in [6.07, 6.45) is 5.14. The second-order valence-electron chi connectivity index (χ2n) is 8.83. The van der Waals surface area contributed by atoms with Crippen LogP contribution in [0.25, 0.3) is 0 Å². The zero-order chi connectivity index (χ0) is 21.0. The van der Waals surface area contributed by atoms with Gasteiger partial charge in [0, 0.05) is 5.69 Å². The van der Waals surface area contributed by atoms with Crippen molar-refractivity contribution in [1.29, 1.82) is 0 Å². The van der Waals surface area contributed by atoms with Crippen LogP contribution in [0.3, 0.4) is 0 Å². The molecule has 6 atom stereocenters. The molecule has 2 aromatic carbocycles. The molecule has 2 aromatic rings. The smallest absolute Gasteiger partial charge is 0.307 e. The fraction of sp³-hybridized carbons (Fsp3) is 0.360. The van der Waals surface area contributed by atoms with Crippen LogP contribution in [-0.4, -0.2) is 17.0 Å². The Hall–Kier alpha value is -3.08. The second kappa shape index (κ2) is 7.01. The summed E-state index contributed by atoms with van der Waals surface area (Å²) in [5.74, 6) is 0.270. The summed E-state index contributed by atoms with van der Waals surface area (Å²) in [6.45, 7) is 4.01. The van der Waals surface area contributed by atoms with E-state index in [1.165, 1.54) is 0 Å². The lowest BCUT2D eigenvalue weighted by molar-refractivity contribution is -0.152. The topological polar surface area (TPSA) is 75.6 Å². The van der Waals surface area contributed by atoms with Crippen molar-refractivity contribution in [3.05, 3.63) is 65.7 Å². The van der Waals surface area contributed by atoms with Gasteiger partial charge in [0.15, 0.2) is 0 Å². The Labute approximate surface area is 175 Å². The summed E-state index contributed by atoms with van der Waals surface area (Å²) >= 11 is 0. The third-order valence-corrected chi connectivity index (χ3v) is 6.99. The van der Waals surface area contributed by atoms with E-state index in [2.05, 4.69) is 11.4 Å². The molecule has 4 aliphatic carbocycles. The van der Waals surface area contributed by atoms with E-state index in [9.17, 15) is 14.7 Å². The van der Waals surface area contributed by atoms with Gasteiger partial charge in [0.2, 0.25) is 5.91 Å². The Morgan fingerprint density at radius 3 is 2.13 bits per heavy atom. The monoisotopic (exact) mass is 403 g/mol. The molecular formula is C25H25NO4. The van der Waals surface area contributed by atoms with E-state index in [0.29, 0.717) is 23.3 Å². The molecule has 1 amide bonds. The number of para-hydroxylation sites is 1. The van der Waals surface area contributed by atoms with Crippen LogP contribution in [0.2, 0.25) is 0 Å². The normalized spacial score (nSPS) is 30.5. The van der Waals surface area contributed by atoms with E-state index >= 15 is 0 Å². The van der Waals surface area contributed by atoms with Crippen LogP contribution in [0.15, 0.2) is 54.6 Å². The Kier molecular flexibility index (Phi) is 4.42. The summed E-state index contributed by atoms with van der Waals surface area (Å²) in [7, 11) is 0. The summed E-state index contributed by atoms with van der Waals surface area (Å²) < 4.78 is 6.03. The lowest BCUT2D eigenvalue weighted by Crippen LogP contribution is -2.48. The van der Waals surface area contributed by atoms with Gasteiger partial charge in [-0.25, -0.2) is 0 Å². The van der Waals surface area contributed by atoms with Gasteiger partial charge in [-0.3, -0.25) is 9.59 Å². The number of carboxylic acids is 1. The largest absolute Gasteiger partial charge is 0.481 e. The third kappa shape index (κ3) is 3.09. The lowest BCUT2D eigenvalue weighted by atomic mass is 9.62. The maximum Gasteiger partial charge on any atom is 0.307 e. The molecule has 5 nitrogen and oxygen atoms in total. The van der Waals surface area contributed by atoms with Crippen molar-refractivity contribution in [2.24, 2.45) is 35.5 Å². The average Bonchev–Trinajstić information content (AvgIpc) is 3.54. The number of fused-ring (bicyclic) bond motifs is 1. The molecule has 4 aliphatic rings. The van der Waals surface area contributed by atoms with Crippen LogP contribution in [0.5, 0.6) is 11.5 Å². The first-order valence-corrected chi connectivity index (χ1v) is 10.5. The van der Waals surface area contributed by atoms with Crippen molar-refractivity contribution in [3.63, 3.8) is 0 Å². The molecule has 0 aromatic heterocycles. The van der Waals surface area contributed by atoms with Gasteiger partial charge in [0.25, 0.3) is 0 Å². The van der Waals surface area contributed by atoms with Crippen molar-refractivity contribution in [2.45, 2.75) is 20.3 Å². The molecule has 0 spiro atoms.